The molecule has 1 aliphatic carbocycles. The normalized spacial score (nSPS) is 37.0. The number of likely N-dealkylation sites (N-methyl/N-ethyl adjacent to an activating group) is 2. The van der Waals surface area contributed by atoms with Crippen molar-refractivity contribution in [1.82, 2.24) is 9.80 Å². The van der Waals surface area contributed by atoms with Crippen LogP contribution in [0.5, 0.6) is 0 Å². The number of carbonyl (C=O) groups is 1. The predicted octanol–water partition coefficient (Wildman–Crippen LogP) is 0.876. The van der Waals surface area contributed by atoms with Gasteiger partial charge in [0.1, 0.15) is 0 Å². The van der Waals surface area contributed by atoms with E-state index >= 15 is 0 Å². The zero-order valence-electron chi connectivity index (χ0n) is 10.2. The van der Waals surface area contributed by atoms with Crippen molar-refractivity contribution >= 4 is 5.97 Å². The lowest BCUT2D eigenvalue weighted by molar-refractivity contribution is -0.138. The van der Waals surface area contributed by atoms with Crippen molar-refractivity contribution in [2.24, 2.45) is 5.92 Å². The number of carboxylic acid groups (broad SMARTS) is 1. The van der Waals surface area contributed by atoms with E-state index in [4.69, 9.17) is 5.11 Å². The van der Waals surface area contributed by atoms with Crippen LogP contribution in [0, 0.1) is 5.92 Å². The van der Waals surface area contributed by atoms with Crippen LogP contribution >= 0.6 is 0 Å². The van der Waals surface area contributed by atoms with E-state index in [1.807, 2.05) is 0 Å². The van der Waals surface area contributed by atoms with E-state index in [1.54, 1.807) is 0 Å². The van der Waals surface area contributed by atoms with Crippen molar-refractivity contribution < 1.29 is 9.90 Å². The number of fused-ring (bicyclic) bond motifs is 1. The van der Waals surface area contributed by atoms with Crippen molar-refractivity contribution in [1.29, 1.82) is 0 Å². The van der Waals surface area contributed by atoms with Gasteiger partial charge in [-0.25, -0.2) is 0 Å². The summed E-state index contributed by atoms with van der Waals surface area (Å²) in [4.78, 5) is 15.6. The summed E-state index contributed by atoms with van der Waals surface area (Å²) in [5.74, 6) is -0.261. The molecule has 3 atom stereocenters. The van der Waals surface area contributed by atoms with Gasteiger partial charge in [0.25, 0.3) is 0 Å². The van der Waals surface area contributed by atoms with Crippen molar-refractivity contribution in [2.75, 3.05) is 27.2 Å². The third kappa shape index (κ3) is 2.38. The molecule has 92 valence electrons. The minimum atomic E-state index is -0.643. The lowest BCUT2D eigenvalue weighted by atomic mass is 9.78. The van der Waals surface area contributed by atoms with Crippen LogP contribution in [0.25, 0.3) is 0 Å². The summed E-state index contributed by atoms with van der Waals surface area (Å²) in [6, 6.07) is 1.21. The number of piperazine rings is 1. The van der Waals surface area contributed by atoms with Gasteiger partial charge in [0, 0.05) is 31.6 Å². The highest BCUT2D eigenvalue weighted by molar-refractivity contribution is 5.67. The molecule has 1 saturated heterocycles. The van der Waals surface area contributed by atoms with Crippen molar-refractivity contribution in [2.45, 2.75) is 37.8 Å². The zero-order valence-corrected chi connectivity index (χ0v) is 10.2. The van der Waals surface area contributed by atoms with Crippen LogP contribution in [0.2, 0.25) is 0 Å². The van der Waals surface area contributed by atoms with Crippen LogP contribution in [0.4, 0.5) is 0 Å². The molecule has 4 heteroatoms. The Morgan fingerprint density at radius 1 is 1.19 bits per heavy atom. The number of rotatable bonds is 2. The zero-order chi connectivity index (χ0) is 11.7. The number of aliphatic carboxylic acids is 1. The Balaban J connectivity index is 1.98. The van der Waals surface area contributed by atoms with Gasteiger partial charge in [-0.2, -0.15) is 0 Å². The summed E-state index contributed by atoms with van der Waals surface area (Å²) in [6.07, 6.45) is 3.63. The second-order valence-electron chi connectivity index (χ2n) is 5.37. The van der Waals surface area contributed by atoms with Crippen molar-refractivity contribution in [3.05, 3.63) is 0 Å². The summed E-state index contributed by atoms with van der Waals surface area (Å²) in [6.45, 7) is 2.25. The largest absolute Gasteiger partial charge is 0.481 e. The van der Waals surface area contributed by atoms with Gasteiger partial charge in [-0.15, -0.1) is 0 Å². The molecule has 16 heavy (non-hydrogen) atoms. The van der Waals surface area contributed by atoms with Crippen LogP contribution in [0.3, 0.4) is 0 Å². The molecule has 1 saturated carbocycles. The lowest BCUT2D eigenvalue weighted by Crippen LogP contribution is -2.59. The first-order chi connectivity index (χ1) is 7.58. The average Bonchev–Trinajstić information content (AvgIpc) is 2.23. The monoisotopic (exact) mass is 226 g/mol. The van der Waals surface area contributed by atoms with Gasteiger partial charge in [-0.3, -0.25) is 4.79 Å². The number of hydrogen-bond acceptors (Lipinski definition) is 3. The second kappa shape index (κ2) is 4.72. The van der Waals surface area contributed by atoms with Gasteiger partial charge < -0.3 is 14.9 Å². The molecule has 3 unspecified atom stereocenters. The molecule has 2 fully saturated rings. The molecule has 1 aliphatic heterocycles. The summed E-state index contributed by atoms with van der Waals surface area (Å²) in [5, 5.41) is 8.86. The topological polar surface area (TPSA) is 43.8 Å². The minimum absolute atomic E-state index is 0.348. The van der Waals surface area contributed by atoms with Crippen LogP contribution in [-0.4, -0.2) is 60.1 Å². The number of carboxylic acids is 1. The molecule has 4 nitrogen and oxygen atoms in total. The van der Waals surface area contributed by atoms with E-state index in [0.29, 0.717) is 24.4 Å². The molecule has 1 heterocycles. The quantitative estimate of drug-likeness (QED) is 0.759. The first-order valence-corrected chi connectivity index (χ1v) is 6.20. The maximum absolute atomic E-state index is 10.7. The van der Waals surface area contributed by atoms with E-state index < -0.39 is 5.97 Å². The van der Waals surface area contributed by atoms with Crippen LogP contribution in [-0.2, 0) is 4.79 Å². The third-order valence-corrected chi connectivity index (χ3v) is 4.29. The smallest absolute Gasteiger partial charge is 0.303 e. The predicted molar refractivity (Wildman–Crippen MR) is 62.4 cm³/mol. The molecular weight excluding hydrogens is 204 g/mol. The highest BCUT2D eigenvalue weighted by atomic mass is 16.4. The van der Waals surface area contributed by atoms with Gasteiger partial charge in [-0.05, 0) is 39.3 Å². The molecule has 2 rings (SSSR count). The van der Waals surface area contributed by atoms with Gasteiger partial charge in [0.2, 0.25) is 0 Å². The Bertz CT molecular complexity index is 270. The van der Waals surface area contributed by atoms with E-state index in [1.165, 1.54) is 0 Å². The molecule has 0 radical (unpaired) electrons. The molecule has 0 amide bonds. The fourth-order valence-corrected chi connectivity index (χ4v) is 3.28. The third-order valence-electron chi connectivity index (χ3n) is 4.29. The molecule has 0 bridgehead atoms. The summed E-state index contributed by atoms with van der Waals surface area (Å²) < 4.78 is 0. The second-order valence-corrected chi connectivity index (χ2v) is 5.37. The minimum Gasteiger partial charge on any atom is -0.481 e. The fourth-order valence-electron chi connectivity index (χ4n) is 3.28. The Morgan fingerprint density at radius 2 is 1.81 bits per heavy atom. The van der Waals surface area contributed by atoms with Crippen LogP contribution in [0.1, 0.15) is 25.7 Å². The van der Waals surface area contributed by atoms with Crippen LogP contribution in [0.15, 0.2) is 0 Å². The van der Waals surface area contributed by atoms with Crippen molar-refractivity contribution in [3.8, 4) is 0 Å². The molecular formula is C12H22N2O2. The molecule has 0 aromatic rings. The van der Waals surface area contributed by atoms with E-state index in [-0.39, 0.29) is 0 Å². The van der Waals surface area contributed by atoms with Gasteiger partial charge in [0.05, 0.1) is 0 Å². The Morgan fingerprint density at radius 3 is 2.44 bits per heavy atom. The average molecular weight is 226 g/mol. The Kier molecular flexibility index (Phi) is 3.50. The highest BCUT2D eigenvalue weighted by Crippen LogP contribution is 2.33. The number of nitrogens with zero attached hydrogens (tertiary/aromatic N) is 2. The maximum Gasteiger partial charge on any atom is 0.303 e. The van der Waals surface area contributed by atoms with Crippen LogP contribution < -0.4 is 0 Å². The van der Waals surface area contributed by atoms with Crippen molar-refractivity contribution in [3.63, 3.8) is 0 Å². The van der Waals surface area contributed by atoms with E-state index in [2.05, 4.69) is 23.9 Å². The standard InChI is InChI=1S/C12H22N2O2/c1-13-5-6-14(2)11-7-9(8-12(15)16)3-4-10(11)13/h9-11H,3-8H2,1-2H3,(H,15,16). The van der Waals surface area contributed by atoms with Gasteiger partial charge in [0.15, 0.2) is 0 Å². The van der Waals surface area contributed by atoms with Gasteiger partial charge in [-0.1, -0.05) is 0 Å². The molecule has 2 aliphatic rings. The van der Waals surface area contributed by atoms with E-state index in [9.17, 15) is 4.79 Å². The lowest BCUT2D eigenvalue weighted by Gasteiger charge is -2.49. The Hall–Kier alpha value is -0.610. The number of hydrogen-bond donors (Lipinski definition) is 1. The first-order valence-electron chi connectivity index (χ1n) is 6.20. The Labute approximate surface area is 97.2 Å². The van der Waals surface area contributed by atoms with E-state index in [0.717, 1.165) is 32.4 Å². The molecule has 0 aromatic heterocycles. The summed E-state index contributed by atoms with van der Waals surface area (Å²) >= 11 is 0. The SMILES string of the molecule is CN1CCN(C)C2CC(CC(=O)O)CCC21. The fraction of sp³-hybridized carbons (Fsp3) is 0.917. The highest BCUT2D eigenvalue weighted by Gasteiger charge is 2.38. The summed E-state index contributed by atoms with van der Waals surface area (Å²) in [5.41, 5.74) is 0. The summed E-state index contributed by atoms with van der Waals surface area (Å²) in [7, 11) is 4.37. The van der Waals surface area contributed by atoms with Gasteiger partial charge >= 0.3 is 5.97 Å². The molecule has 0 aromatic carbocycles. The molecule has 1 N–H and O–H groups in total. The maximum atomic E-state index is 10.7. The molecule has 0 spiro atoms. The first kappa shape index (κ1) is 11.9.